The first kappa shape index (κ1) is 12.0. The van der Waals surface area contributed by atoms with Crippen LogP contribution >= 0.6 is 11.6 Å². The Kier molecular flexibility index (Phi) is 3.68. The van der Waals surface area contributed by atoms with Crippen LogP contribution in [-0.2, 0) is 0 Å². The Balaban J connectivity index is 2.36. The third-order valence-electron chi connectivity index (χ3n) is 2.39. The lowest BCUT2D eigenvalue weighted by atomic mass is 10.0. The molecule has 0 saturated carbocycles. The molecule has 0 spiro atoms. The minimum absolute atomic E-state index is 0.311. The average molecular weight is 252 g/mol. The molecule has 1 heterocycles. The van der Waals surface area contributed by atoms with Gasteiger partial charge in [-0.2, -0.15) is 0 Å². The topological polar surface area (TPSA) is 50.9 Å². The highest BCUT2D eigenvalue weighted by molar-refractivity contribution is 6.30. The molecule has 88 valence electrons. The summed E-state index contributed by atoms with van der Waals surface area (Å²) in [5.74, 6) is 5.12. The van der Waals surface area contributed by atoms with Crippen LogP contribution in [0.15, 0.2) is 42.6 Å². The lowest BCUT2D eigenvalue weighted by molar-refractivity contribution is 0.596. The third kappa shape index (κ3) is 2.79. The lowest BCUT2D eigenvalue weighted by Gasteiger charge is -2.15. The molecular weight excluding hydrogens is 241 g/mol. The van der Waals surface area contributed by atoms with Crippen LogP contribution in [0.3, 0.4) is 0 Å². The molecule has 0 fully saturated rings. The molecule has 3 nitrogen and oxygen atoms in total. The second-order valence-corrected chi connectivity index (χ2v) is 3.99. The highest BCUT2D eigenvalue weighted by Crippen LogP contribution is 2.22. The molecule has 0 bridgehead atoms. The van der Waals surface area contributed by atoms with Gasteiger partial charge in [0.25, 0.3) is 0 Å². The number of nitrogens with two attached hydrogens (primary N) is 1. The number of rotatable bonds is 3. The number of aromatic nitrogens is 1. The first-order valence-electron chi connectivity index (χ1n) is 5.04. The molecule has 1 aromatic carbocycles. The van der Waals surface area contributed by atoms with E-state index in [9.17, 15) is 4.39 Å². The Bertz CT molecular complexity index is 501. The summed E-state index contributed by atoms with van der Waals surface area (Å²) in [5.41, 5.74) is 4.15. The van der Waals surface area contributed by atoms with Crippen LogP contribution in [0.4, 0.5) is 4.39 Å². The van der Waals surface area contributed by atoms with Crippen molar-refractivity contribution in [3.63, 3.8) is 0 Å². The Morgan fingerprint density at radius 2 is 2.12 bits per heavy atom. The molecule has 1 unspecified atom stereocenters. The Morgan fingerprint density at radius 1 is 1.29 bits per heavy atom. The summed E-state index contributed by atoms with van der Waals surface area (Å²) in [7, 11) is 0. The van der Waals surface area contributed by atoms with E-state index in [1.54, 1.807) is 18.2 Å². The summed E-state index contributed by atoms with van der Waals surface area (Å²) >= 11 is 5.91. The monoisotopic (exact) mass is 251 g/mol. The van der Waals surface area contributed by atoms with Crippen LogP contribution in [0, 0.1) is 5.82 Å². The van der Waals surface area contributed by atoms with E-state index in [0.717, 1.165) is 11.8 Å². The van der Waals surface area contributed by atoms with Crippen molar-refractivity contribution in [1.29, 1.82) is 0 Å². The summed E-state index contributed by atoms with van der Waals surface area (Å²) in [6.45, 7) is 0. The van der Waals surface area contributed by atoms with Gasteiger partial charge in [0.15, 0.2) is 0 Å². The summed E-state index contributed by atoms with van der Waals surface area (Å²) < 4.78 is 12.8. The van der Waals surface area contributed by atoms with Crippen LogP contribution < -0.4 is 11.3 Å². The second-order valence-electron chi connectivity index (χ2n) is 3.56. The normalized spacial score (nSPS) is 12.4. The van der Waals surface area contributed by atoms with E-state index in [1.165, 1.54) is 6.07 Å². The molecule has 1 atom stereocenters. The van der Waals surface area contributed by atoms with Gasteiger partial charge in [-0.1, -0.05) is 23.7 Å². The molecule has 2 rings (SSSR count). The van der Waals surface area contributed by atoms with Crippen molar-refractivity contribution >= 4 is 11.6 Å². The van der Waals surface area contributed by atoms with Gasteiger partial charge in [-0.3, -0.25) is 10.8 Å². The van der Waals surface area contributed by atoms with Crippen LogP contribution in [0.25, 0.3) is 0 Å². The SMILES string of the molecule is NNC(c1cccc(Cl)c1)c1ccc(F)cn1. The van der Waals surface area contributed by atoms with Crippen LogP contribution in [-0.4, -0.2) is 4.98 Å². The van der Waals surface area contributed by atoms with Gasteiger partial charge < -0.3 is 0 Å². The zero-order chi connectivity index (χ0) is 12.3. The minimum Gasteiger partial charge on any atom is -0.271 e. The highest BCUT2D eigenvalue weighted by Gasteiger charge is 2.13. The molecule has 17 heavy (non-hydrogen) atoms. The summed E-state index contributed by atoms with van der Waals surface area (Å²) in [6, 6.07) is 9.88. The summed E-state index contributed by atoms with van der Waals surface area (Å²) in [5, 5.41) is 0.616. The van der Waals surface area contributed by atoms with Gasteiger partial charge in [0.1, 0.15) is 5.82 Å². The number of hydrazine groups is 1. The molecule has 0 saturated heterocycles. The average Bonchev–Trinajstić information content (AvgIpc) is 2.33. The van der Waals surface area contributed by atoms with E-state index >= 15 is 0 Å². The smallest absolute Gasteiger partial charge is 0.141 e. The summed E-state index contributed by atoms with van der Waals surface area (Å²) in [4.78, 5) is 3.99. The van der Waals surface area contributed by atoms with Gasteiger partial charge >= 0.3 is 0 Å². The van der Waals surface area contributed by atoms with E-state index in [2.05, 4.69) is 10.4 Å². The molecule has 0 aliphatic carbocycles. The zero-order valence-electron chi connectivity index (χ0n) is 8.90. The minimum atomic E-state index is -0.379. The van der Waals surface area contributed by atoms with E-state index in [1.807, 2.05) is 12.1 Å². The fourth-order valence-electron chi connectivity index (χ4n) is 1.60. The van der Waals surface area contributed by atoms with Crippen molar-refractivity contribution in [1.82, 2.24) is 10.4 Å². The van der Waals surface area contributed by atoms with E-state index in [4.69, 9.17) is 17.4 Å². The van der Waals surface area contributed by atoms with Crippen LogP contribution in [0.2, 0.25) is 5.02 Å². The number of nitrogens with one attached hydrogen (secondary N) is 1. The second kappa shape index (κ2) is 5.23. The van der Waals surface area contributed by atoms with Crippen molar-refractivity contribution < 1.29 is 4.39 Å². The van der Waals surface area contributed by atoms with Gasteiger partial charge in [-0.15, -0.1) is 0 Å². The maximum absolute atomic E-state index is 12.8. The lowest BCUT2D eigenvalue weighted by Crippen LogP contribution is -2.29. The van der Waals surface area contributed by atoms with E-state index < -0.39 is 0 Å². The van der Waals surface area contributed by atoms with Gasteiger partial charge in [0.2, 0.25) is 0 Å². The number of hydrogen-bond donors (Lipinski definition) is 2. The molecule has 0 aliphatic rings. The standard InChI is InChI=1S/C12H11ClFN3/c13-9-3-1-2-8(6-9)12(17-15)11-5-4-10(14)7-16-11/h1-7,12,17H,15H2. The quantitative estimate of drug-likeness (QED) is 0.651. The molecule has 2 aromatic rings. The maximum atomic E-state index is 12.8. The molecular formula is C12H11ClFN3. The summed E-state index contributed by atoms with van der Waals surface area (Å²) in [6.07, 6.45) is 1.16. The van der Waals surface area contributed by atoms with Crippen LogP contribution in [0.1, 0.15) is 17.3 Å². The predicted octanol–water partition coefficient (Wildman–Crippen LogP) is 2.43. The Hall–Kier alpha value is -1.49. The molecule has 0 radical (unpaired) electrons. The zero-order valence-corrected chi connectivity index (χ0v) is 9.66. The predicted molar refractivity (Wildman–Crippen MR) is 64.8 cm³/mol. The van der Waals surface area contributed by atoms with Crippen molar-refractivity contribution in [2.75, 3.05) is 0 Å². The third-order valence-corrected chi connectivity index (χ3v) is 2.63. The fraction of sp³-hybridized carbons (Fsp3) is 0.0833. The van der Waals surface area contributed by atoms with E-state index in [0.29, 0.717) is 10.7 Å². The molecule has 3 N–H and O–H groups in total. The molecule has 5 heteroatoms. The Morgan fingerprint density at radius 3 is 2.71 bits per heavy atom. The molecule has 0 aliphatic heterocycles. The van der Waals surface area contributed by atoms with Gasteiger partial charge in [0, 0.05) is 5.02 Å². The van der Waals surface area contributed by atoms with Gasteiger partial charge in [-0.25, -0.2) is 9.82 Å². The number of benzene rings is 1. The maximum Gasteiger partial charge on any atom is 0.141 e. The first-order chi connectivity index (χ1) is 8.20. The van der Waals surface area contributed by atoms with Crippen molar-refractivity contribution in [2.45, 2.75) is 6.04 Å². The largest absolute Gasteiger partial charge is 0.271 e. The van der Waals surface area contributed by atoms with Gasteiger partial charge in [-0.05, 0) is 29.8 Å². The number of hydrogen-bond acceptors (Lipinski definition) is 3. The van der Waals surface area contributed by atoms with E-state index in [-0.39, 0.29) is 11.9 Å². The fourth-order valence-corrected chi connectivity index (χ4v) is 1.80. The van der Waals surface area contributed by atoms with Crippen molar-refractivity contribution in [2.24, 2.45) is 5.84 Å². The number of halogens is 2. The number of pyridine rings is 1. The Labute approximate surface area is 103 Å². The van der Waals surface area contributed by atoms with Crippen molar-refractivity contribution in [3.05, 3.63) is 64.7 Å². The number of nitrogens with zero attached hydrogens (tertiary/aromatic N) is 1. The highest BCUT2D eigenvalue weighted by atomic mass is 35.5. The molecule has 1 aromatic heterocycles. The molecule has 0 amide bonds. The first-order valence-corrected chi connectivity index (χ1v) is 5.41. The van der Waals surface area contributed by atoms with Gasteiger partial charge in [0.05, 0.1) is 17.9 Å². The van der Waals surface area contributed by atoms with Crippen molar-refractivity contribution in [3.8, 4) is 0 Å². The van der Waals surface area contributed by atoms with Crippen LogP contribution in [0.5, 0.6) is 0 Å².